The fourth-order valence-corrected chi connectivity index (χ4v) is 11.4. The third-order valence-electron chi connectivity index (χ3n) is 15.4. The maximum Gasteiger partial charge on any atom is 0.264 e. The van der Waals surface area contributed by atoms with E-state index in [2.05, 4.69) is 61.0 Å². The highest BCUT2D eigenvalue weighted by atomic mass is 19.3. The van der Waals surface area contributed by atoms with Gasteiger partial charge in [-0.25, -0.2) is 8.78 Å². The van der Waals surface area contributed by atoms with Crippen LogP contribution in [0.1, 0.15) is 97.8 Å². The monoisotopic (exact) mass is 900 g/mol. The lowest BCUT2D eigenvalue weighted by molar-refractivity contribution is -0.132. The summed E-state index contributed by atoms with van der Waals surface area (Å²) in [5.74, 6) is 0.444. The number of hydrogen-bond acceptors (Lipinski definition) is 11. The average molecular weight is 901 g/mol. The van der Waals surface area contributed by atoms with Crippen LogP contribution in [0.15, 0.2) is 67.0 Å². The Labute approximate surface area is 384 Å². The van der Waals surface area contributed by atoms with E-state index in [-0.39, 0.29) is 23.7 Å². The van der Waals surface area contributed by atoms with Gasteiger partial charge < -0.3 is 35.4 Å². The van der Waals surface area contributed by atoms with E-state index in [1.165, 1.54) is 29.7 Å². The Morgan fingerprint density at radius 3 is 2.47 bits per heavy atom. The van der Waals surface area contributed by atoms with Crippen molar-refractivity contribution in [2.24, 2.45) is 7.05 Å². The van der Waals surface area contributed by atoms with Crippen LogP contribution in [-0.4, -0.2) is 103 Å². The molecule has 2 saturated heterocycles. The maximum absolute atomic E-state index is 14.8. The number of rotatable bonds is 11. The molecule has 1 aliphatic carbocycles. The normalized spacial score (nSPS) is 22.3. The minimum Gasteiger partial charge on any atom is -0.756 e. The second kappa shape index (κ2) is 17.0. The Morgan fingerprint density at radius 2 is 1.73 bits per heavy atom. The highest BCUT2D eigenvalue weighted by molar-refractivity contribution is 5.94. The SMILES string of the molecule is CN1c2c(NCc3ccc(CN4CCC(n5nc(N6CCCc7cc(-c8cnn(C)c8)c(C(F)F)cc76)c6c5CCN(C5(C)CC5)C6)CC4)cc3)cccc2N(C2CCCN([O-])C2=O)C1O. The van der Waals surface area contributed by atoms with E-state index in [9.17, 15) is 23.9 Å². The van der Waals surface area contributed by atoms with E-state index in [4.69, 9.17) is 5.10 Å². The van der Waals surface area contributed by atoms with Crippen molar-refractivity contribution in [2.45, 2.75) is 115 Å². The number of aromatic nitrogens is 4. The van der Waals surface area contributed by atoms with Crippen molar-refractivity contribution in [1.82, 2.24) is 34.4 Å². The number of anilines is 5. The van der Waals surface area contributed by atoms with Crippen LogP contribution >= 0.6 is 0 Å². The van der Waals surface area contributed by atoms with E-state index in [1.54, 1.807) is 33.8 Å². The highest BCUT2D eigenvalue weighted by Crippen LogP contribution is 2.48. The van der Waals surface area contributed by atoms with Crippen LogP contribution in [0, 0.1) is 5.21 Å². The van der Waals surface area contributed by atoms with E-state index in [0.717, 1.165) is 111 Å². The molecule has 2 aromatic heterocycles. The molecular weight excluding hydrogens is 841 g/mol. The fourth-order valence-electron chi connectivity index (χ4n) is 11.4. The summed E-state index contributed by atoms with van der Waals surface area (Å²) in [4.78, 5) is 23.7. The number of nitrogens with zero attached hydrogens (tertiary/aromatic N) is 10. The van der Waals surface area contributed by atoms with Gasteiger partial charge in [-0.2, -0.15) is 10.2 Å². The van der Waals surface area contributed by atoms with Gasteiger partial charge in [0.25, 0.3) is 6.43 Å². The van der Waals surface area contributed by atoms with Gasteiger partial charge in [0.15, 0.2) is 5.82 Å². The molecule has 14 nitrogen and oxygen atoms in total. The van der Waals surface area contributed by atoms with Gasteiger partial charge in [0, 0.05) is 113 Å². The zero-order valence-electron chi connectivity index (χ0n) is 38.2. The highest BCUT2D eigenvalue weighted by Gasteiger charge is 2.46. The van der Waals surface area contributed by atoms with Gasteiger partial charge in [0.2, 0.25) is 12.3 Å². The predicted molar refractivity (Wildman–Crippen MR) is 252 cm³/mol. The van der Waals surface area contributed by atoms with Gasteiger partial charge in [-0.3, -0.25) is 24.0 Å². The minimum atomic E-state index is -2.62. The molecule has 3 aromatic carbocycles. The third kappa shape index (κ3) is 7.68. The Balaban J connectivity index is 0.771. The van der Waals surface area contributed by atoms with Gasteiger partial charge >= 0.3 is 0 Å². The molecular formula is C50H60F2N11O3-. The molecule has 7 heterocycles. The van der Waals surface area contributed by atoms with E-state index in [1.807, 2.05) is 37.5 Å². The van der Waals surface area contributed by atoms with E-state index in [0.29, 0.717) is 35.6 Å². The Bertz CT molecular complexity index is 2620. The van der Waals surface area contributed by atoms with E-state index >= 15 is 0 Å². The summed E-state index contributed by atoms with van der Waals surface area (Å²) in [5, 5.41) is 37.3. The summed E-state index contributed by atoms with van der Waals surface area (Å²) in [6.07, 6.45) is 8.04. The summed E-state index contributed by atoms with van der Waals surface area (Å²) in [6, 6.07) is 17.8. The average Bonchev–Trinajstić information content (AvgIpc) is 3.62. The molecule has 5 aromatic rings. The number of aryl methyl sites for hydroxylation is 2. The number of halogens is 2. The van der Waals surface area contributed by atoms with Crippen LogP contribution in [-0.2, 0) is 44.3 Å². The van der Waals surface area contributed by atoms with Gasteiger partial charge in [0.1, 0.15) is 6.04 Å². The van der Waals surface area contributed by atoms with Gasteiger partial charge in [-0.1, -0.05) is 30.3 Å². The number of amides is 1. The molecule has 2 unspecified atom stereocenters. The van der Waals surface area contributed by atoms with Crippen molar-refractivity contribution in [3.05, 3.63) is 106 Å². The summed E-state index contributed by atoms with van der Waals surface area (Å²) in [6.45, 7) is 8.52. The Morgan fingerprint density at radius 1 is 0.939 bits per heavy atom. The third-order valence-corrected chi connectivity index (χ3v) is 15.4. The molecule has 0 radical (unpaired) electrons. The molecule has 1 amide bonds. The van der Waals surface area contributed by atoms with Crippen LogP contribution in [0.4, 0.5) is 37.3 Å². The molecule has 6 aliphatic rings. The van der Waals surface area contributed by atoms with Crippen molar-refractivity contribution in [3.8, 4) is 11.1 Å². The van der Waals surface area contributed by atoms with Crippen LogP contribution in [0.3, 0.4) is 0 Å². The number of nitrogens with one attached hydrogen (secondary N) is 1. The summed E-state index contributed by atoms with van der Waals surface area (Å²) >= 11 is 0. The zero-order valence-corrected chi connectivity index (χ0v) is 38.2. The number of carbonyl (C=O) groups is 1. The maximum atomic E-state index is 14.8. The lowest BCUT2D eigenvalue weighted by Crippen LogP contribution is -2.55. The number of hydroxylamine groups is 2. The number of fused-ring (bicyclic) bond motifs is 3. The lowest BCUT2D eigenvalue weighted by atomic mass is 9.92. The zero-order chi connectivity index (χ0) is 45.4. The molecule has 16 heteroatoms. The van der Waals surface area contributed by atoms with Crippen LogP contribution in [0.2, 0.25) is 0 Å². The van der Waals surface area contributed by atoms with Gasteiger partial charge in [-0.05, 0) is 105 Å². The molecule has 2 atom stereocenters. The first-order valence-electron chi connectivity index (χ1n) is 23.9. The van der Waals surface area contributed by atoms with Gasteiger partial charge in [-0.15, -0.1) is 0 Å². The van der Waals surface area contributed by atoms with Crippen molar-refractivity contribution in [2.75, 3.05) is 59.8 Å². The number of aliphatic hydroxyl groups excluding tert-OH is 1. The molecule has 0 spiro atoms. The molecule has 348 valence electrons. The van der Waals surface area contributed by atoms with Crippen LogP contribution in [0.25, 0.3) is 11.1 Å². The summed E-state index contributed by atoms with van der Waals surface area (Å²) in [7, 11) is 3.62. The van der Waals surface area contributed by atoms with Crippen molar-refractivity contribution in [1.29, 1.82) is 0 Å². The topological polar surface area (TPSA) is 127 Å². The molecule has 11 rings (SSSR count). The number of aliphatic hydroxyl groups is 1. The van der Waals surface area contributed by atoms with Crippen molar-refractivity contribution >= 4 is 34.5 Å². The fraction of sp³-hybridized carbons (Fsp3) is 0.500. The number of hydrogen-bond donors (Lipinski definition) is 2. The number of likely N-dealkylation sites (tertiary alicyclic amines) is 1. The van der Waals surface area contributed by atoms with Crippen molar-refractivity contribution < 1.29 is 18.7 Å². The first kappa shape index (κ1) is 43.0. The molecule has 3 fully saturated rings. The lowest BCUT2D eigenvalue weighted by Gasteiger charge is -2.42. The summed E-state index contributed by atoms with van der Waals surface area (Å²) in [5.41, 5.74) is 10.8. The van der Waals surface area contributed by atoms with Crippen LogP contribution in [0.5, 0.6) is 0 Å². The quantitative estimate of drug-likeness (QED) is 0.136. The first-order chi connectivity index (χ1) is 31.9. The van der Waals surface area contributed by atoms with Gasteiger partial charge in [0.05, 0.1) is 29.3 Å². The molecule has 2 N–H and O–H groups in total. The molecule has 1 saturated carbocycles. The Kier molecular flexibility index (Phi) is 11.1. The molecule has 66 heavy (non-hydrogen) atoms. The van der Waals surface area contributed by atoms with Crippen molar-refractivity contribution in [3.63, 3.8) is 0 Å². The number of alkyl halides is 2. The molecule has 5 aliphatic heterocycles. The van der Waals surface area contributed by atoms with E-state index < -0.39 is 24.7 Å². The smallest absolute Gasteiger partial charge is 0.264 e. The molecule has 0 bridgehead atoms. The summed E-state index contributed by atoms with van der Waals surface area (Å²) < 4.78 is 33.7. The largest absolute Gasteiger partial charge is 0.756 e. The minimum absolute atomic E-state index is 0.0412. The predicted octanol–water partition coefficient (Wildman–Crippen LogP) is 7.69. The number of benzene rings is 3. The number of carbonyl (C=O) groups excluding carboxylic acids is 1. The standard InChI is InChI=1S/C50H60F2N11O3/c1-50(18-19-50)59-24-17-41-39(31-59)47(60-20-5-7-34-25-37(35-28-54-56(2)30-35)38(46(51)52)26-44(34)60)55-63(41)36-15-22-58(23-16-36)29-33-13-11-32(12-14-33)27-53-40-8-4-9-42-45(40)57(3)49(65)62(42)43-10-6-21-61(66)48(43)64/h4,8-9,11-14,25-26,28,30,36,43,46,49,53,65H,5-7,10,15-24,27,29,31H2,1-3H3/q-1. The second-order valence-electron chi connectivity index (χ2n) is 19.7. The first-order valence-corrected chi connectivity index (χ1v) is 23.9. The Hall–Kier alpha value is -5.55. The number of para-hydroxylation sites is 1. The number of piperidine rings is 2. The second-order valence-corrected chi connectivity index (χ2v) is 19.7. The van der Waals surface area contributed by atoms with Crippen LogP contribution < -0.4 is 20.0 Å².